The predicted octanol–water partition coefficient (Wildman–Crippen LogP) is 1.38. The van der Waals surface area contributed by atoms with Crippen LogP contribution in [0.5, 0.6) is 0 Å². The molecule has 0 unspecified atom stereocenters. The standard InChI is InChI=1S/C23H26N4O5/c1-15(2)32-22(30)20(12-16-7-5-4-6-8-16)25-27-21(29)18-11-17(13-26(3)14-28)9-10-19(18)24-23(27)31/h4-11,14-15,20,25H,12-13H2,1-3H3,(H,24,31)/t20-/m0/s1. The van der Waals surface area contributed by atoms with Crippen molar-refractivity contribution in [1.29, 1.82) is 0 Å². The van der Waals surface area contributed by atoms with Crippen molar-refractivity contribution in [3.63, 3.8) is 0 Å². The molecule has 168 valence electrons. The number of carbonyl (C=O) groups excluding carboxylic acids is 2. The van der Waals surface area contributed by atoms with E-state index in [0.717, 1.165) is 15.8 Å². The van der Waals surface area contributed by atoms with Gasteiger partial charge in [-0.3, -0.25) is 9.59 Å². The minimum atomic E-state index is -0.958. The molecule has 1 heterocycles. The summed E-state index contributed by atoms with van der Waals surface area (Å²) in [4.78, 5) is 53.5. The topological polar surface area (TPSA) is 114 Å². The third-order valence-corrected chi connectivity index (χ3v) is 4.78. The van der Waals surface area contributed by atoms with Gasteiger partial charge >= 0.3 is 11.7 Å². The number of nitrogens with one attached hydrogen (secondary N) is 2. The third kappa shape index (κ3) is 5.42. The predicted molar refractivity (Wildman–Crippen MR) is 121 cm³/mol. The molecule has 0 spiro atoms. The van der Waals surface area contributed by atoms with E-state index in [-0.39, 0.29) is 17.9 Å². The number of carbonyl (C=O) groups is 2. The average Bonchev–Trinajstić information content (AvgIpc) is 2.76. The van der Waals surface area contributed by atoms with Gasteiger partial charge in [-0.05, 0) is 37.1 Å². The first-order valence-corrected chi connectivity index (χ1v) is 10.2. The number of amides is 1. The molecule has 1 atom stereocenters. The summed E-state index contributed by atoms with van der Waals surface area (Å²) in [6.07, 6.45) is 0.554. The minimum absolute atomic E-state index is 0.223. The van der Waals surface area contributed by atoms with E-state index in [2.05, 4.69) is 10.4 Å². The van der Waals surface area contributed by atoms with E-state index in [4.69, 9.17) is 4.74 Å². The van der Waals surface area contributed by atoms with Crippen LogP contribution in [0.3, 0.4) is 0 Å². The van der Waals surface area contributed by atoms with E-state index >= 15 is 0 Å². The molecule has 2 aromatic carbocycles. The number of H-pyrrole nitrogens is 1. The minimum Gasteiger partial charge on any atom is -0.461 e. The molecule has 0 aliphatic heterocycles. The highest BCUT2D eigenvalue weighted by atomic mass is 16.5. The number of rotatable bonds is 9. The van der Waals surface area contributed by atoms with Crippen LogP contribution < -0.4 is 16.7 Å². The van der Waals surface area contributed by atoms with Gasteiger partial charge in [-0.15, -0.1) is 0 Å². The molecule has 1 aromatic heterocycles. The zero-order valence-electron chi connectivity index (χ0n) is 18.2. The molecule has 0 saturated heterocycles. The van der Waals surface area contributed by atoms with Crippen molar-refractivity contribution < 1.29 is 14.3 Å². The summed E-state index contributed by atoms with van der Waals surface area (Å²) in [5.41, 5.74) is 3.38. The van der Waals surface area contributed by atoms with Crippen LogP contribution >= 0.6 is 0 Å². The smallest absolute Gasteiger partial charge is 0.347 e. The van der Waals surface area contributed by atoms with E-state index in [1.807, 2.05) is 30.3 Å². The Balaban J connectivity index is 2.00. The van der Waals surface area contributed by atoms with Crippen LogP contribution in [0, 0.1) is 0 Å². The zero-order valence-corrected chi connectivity index (χ0v) is 18.2. The monoisotopic (exact) mass is 438 g/mol. The molecule has 3 rings (SSSR count). The maximum absolute atomic E-state index is 13.1. The average molecular weight is 438 g/mol. The van der Waals surface area contributed by atoms with Gasteiger partial charge in [0.15, 0.2) is 0 Å². The first-order chi connectivity index (χ1) is 15.3. The fraction of sp³-hybridized carbons (Fsp3) is 0.304. The second-order valence-corrected chi connectivity index (χ2v) is 7.83. The molecule has 1 amide bonds. The molecule has 32 heavy (non-hydrogen) atoms. The SMILES string of the molecule is CC(C)OC(=O)[C@H](Cc1ccccc1)Nn1c(=O)[nH]c2ccc(CN(C)C=O)cc2c1=O. The maximum Gasteiger partial charge on any atom is 0.347 e. The van der Waals surface area contributed by atoms with Crippen molar-refractivity contribution in [3.05, 3.63) is 80.5 Å². The van der Waals surface area contributed by atoms with Crippen molar-refractivity contribution in [2.24, 2.45) is 0 Å². The summed E-state index contributed by atoms with van der Waals surface area (Å²) in [5.74, 6) is -0.573. The fourth-order valence-corrected chi connectivity index (χ4v) is 3.30. The Kier molecular flexibility index (Phi) is 7.09. The molecule has 9 nitrogen and oxygen atoms in total. The fourth-order valence-electron chi connectivity index (χ4n) is 3.30. The normalized spacial score (nSPS) is 11.9. The molecule has 9 heteroatoms. The molecule has 0 aliphatic rings. The Bertz CT molecular complexity index is 1220. The van der Waals surface area contributed by atoms with E-state index in [1.54, 1.807) is 39.1 Å². The molecule has 0 bridgehead atoms. The number of nitrogens with zero attached hydrogens (tertiary/aromatic N) is 2. The Morgan fingerprint density at radius 3 is 2.53 bits per heavy atom. The number of benzene rings is 2. The van der Waals surface area contributed by atoms with Crippen LogP contribution in [0.4, 0.5) is 0 Å². The Labute approximate surface area is 184 Å². The van der Waals surface area contributed by atoms with Crippen LogP contribution in [0.25, 0.3) is 10.9 Å². The summed E-state index contributed by atoms with van der Waals surface area (Å²) in [6, 6.07) is 13.2. The molecular formula is C23H26N4O5. The summed E-state index contributed by atoms with van der Waals surface area (Å²) in [7, 11) is 1.62. The quantitative estimate of drug-likeness (QED) is 0.386. The van der Waals surface area contributed by atoms with E-state index < -0.39 is 23.3 Å². The lowest BCUT2D eigenvalue weighted by Crippen LogP contribution is -2.49. The van der Waals surface area contributed by atoms with Crippen molar-refractivity contribution in [2.45, 2.75) is 39.0 Å². The van der Waals surface area contributed by atoms with Gasteiger partial charge in [0, 0.05) is 20.0 Å². The van der Waals surface area contributed by atoms with E-state index in [9.17, 15) is 19.2 Å². The largest absolute Gasteiger partial charge is 0.461 e. The summed E-state index contributed by atoms with van der Waals surface area (Å²) < 4.78 is 6.13. The Hall–Kier alpha value is -3.88. The maximum atomic E-state index is 13.1. The van der Waals surface area contributed by atoms with Crippen molar-refractivity contribution in [1.82, 2.24) is 14.6 Å². The van der Waals surface area contributed by atoms with Gasteiger partial charge in [-0.25, -0.2) is 9.59 Å². The van der Waals surface area contributed by atoms with E-state index in [0.29, 0.717) is 18.5 Å². The van der Waals surface area contributed by atoms with Gasteiger partial charge in [0.2, 0.25) is 6.41 Å². The van der Waals surface area contributed by atoms with Crippen LogP contribution in [0.1, 0.15) is 25.0 Å². The van der Waals surface area contributed by atoms with Crippen LogP contribution in [-0.2, 0) is 27.3 Å². The van der Waals surface area contributed by atoms with Crippen LogP contribution in [0.2, 0.25) is 0 Å². The number of esters is 1. The molecule has 0 saturated carbocycles. The molecule has 2 N–H and O–H groups in total. The number of hydrogen-bond donors (Lipinski definition) is 2. The molecule has 3 aromatic rings. The van der Waals surface area contributed by atoms with Gasteiger partial charge < -0.3 is 20.0 Å². The second-order valence-electron chi connectivity index (χ2n) is 7.83. The highest BCUT2D eigenvalue weighted by molar-refractivity contribution is 5.79. The lowest BCUT2D eigenvalue weighted by molar-refractivity contribution is -0.148. The molecular weight excluding hydrogens is 412 g/mol. The van der Waals surface area contributed by atoms with Gasteiger partial charge in [-0.2, -0.15) is 4.68 Å². The molecule has 0 radical (unpaired) electrons. The second kappa shape index (κ2) is 9.95. The van der Waals surface area contributed by atoms with Gasteiger partial charge in [0.1, 0.15) is 6.04 Å². The van der Waals surface area contributed by atoms with Crippen LogP contribution in [0.15, 0.2) is 58.1 Å². The molecule has 0 fully saturated rings. The number of hydrogen-bond acceptors (Lipinski definition) is 6. The number of aromatic amines is 1. The number of ether oxygens (including phenoxy) is 1. The van der Waals surface area contributed by atoms with E-state index in [1.165, 1.54) is 4.90 Å². The van der Waals surface area contributed by atoms with Gasteiger partial charge in [0.05, 0.1) is 17.0 Å². The number of aromatic nitrogens is 2. The summed E-state index contributed by atoms with van der Waals surface area (Å²) >= 11 is 0. The van der Waals surface area contributed by atoms with Gasteiger partial charge in [-0.1, -0.05) is 36.4 Å². The van der Waals surface area contributed by atoms with Crippen molar-refractivity contribution >= 4 is 23.3 Å². The van der Waals surface area contributed by atoms with Crippen molar-refractivity contribution in [2.75, 3.05) is 12.5 Å². The first-order valence-electron chi connectivity index (χ1n) is 10.2. The zero-order chi connectivity index (χ0) is 23.3. The molecule has 0 aliphatic carbocycles. The lowest BCUT2D eigenvalue weighted by Gasteiger charge is -2.21. The highest BCUT2D eigenvalue weighted by Crippen LogP contribution is 2.11. The first kappa shape index (κ1) is 22.8. The van der Waals surface area contributed by atoms with Crippen LogP contribution in [-0.4, -0.2) is 46.1 Å². The summed E-state index contributed by atoms with van der Waals surface area (Å²) in [5, 5.41) is 0.254. The third-order valence-electron chi connectivity index (χ3n) is 4.78. The lowest BCUT2D eigenvalue weighted by atomic mass is 10.1. The Morgan fingerprint density at radius 2 is 1.88 bits per heavy atom. The van der Waals surface area contributed by atoms with Gasteiger partial charge in [0.25, 0.3) is 5.56 Å². The highest BCUT2D eigenvalue weighted by Gasteiger charge is 2.23. The van der Waals surface area contributed by atoms with Crippen molar-refractivity contribution in [3.8, 4) is 0 Å². The Morgan fingerprint density at radius 1 is 1.16 bits per heavy atom. The number of fused-ring (bicyclic) bond motifs is 1. The summed E-state index contributed by atoms with van der Waals surface area (Å²) in [6.45, 7) is 3.76.